The van der Waals surface area contributed by atoms with Gasteiger partial charge in [-0.25, -0.2) is 0 Å². The van der Waals surface area contributed by atoms with Gasteiger partial charge in [0.15, 0.2) is 0 Å². The molecule has 3 heteroatoms. The van der Waals surface area contributed by atoms with Gasteiger partial charge in [0.05, 0.1) is 18.3 Å². The van der Waals surface area contributed by atoms with E-state index in [2.05, 4.69) is 25.5 Å². The van der Waals surface area contributed by atoms with Crippen LogP contribution in [0.3, 0.4) is 0 Å². The summed E-state index contributed by atoms with van der Waals surface area (Å²) in [5, 5.41) is 14.4. The van der Waals surface area contributed by atoms with Crippen molar-refractivity contribution in [3.63, 3.8) is 0 Å². The predicted molar refractivity (Wildman–Crippen MR) is 73.6 cm³/mol. The Morgan fingerprint density at radius 2 is 2.06 bits per heavy atom. The van der Waals surface area contributed by atoms with Gasteiger partial charge in [0.2, 0.25) is 0 Å². The Balaban J connectivity index is 2.34. The van der Waals surface area contributed by atoms with Gasteiger partial charge >= 0.3 is 0 Å². The Kier molecular flexibility index (Phi) is 4.44. The molecule has 1 aromatic rings. The summed E-state index contributed by atoms with van der Waals surface area (Å²) in [5.41, 5.74) is 3.43. The summed E-state index contributed by atoms with van der Waals surface area (Å²) in [4.78, 5) is 0. The van der Waals surface area contributed by atoms with Crippen molar-refractivity contribution in [2.75, 3.05) is 0 Å². The van der Waals surface area contributed by atoms with Crippen LogP contribution in [0.25, 0.3) is 0 Å². The fraction of sp³-hybridized carbons (Fsp3) is 0.800. The van der Waals surface area contributed by atoms with Gasteiger partial charge in [-0.1, -0.05) is 33.6 Å². The summed E-state index contributed by atoms with van der Waals surface area (Å²) in [5.74, 6) is 0.806. The standard InChI is InChI=1S/C15H26N2O/c1-4-14-13(10-18)15(5-2)17(16-14)12-8-6-7-11(3)9-12/h11-12,18H,4-10H2,1-3H3. The third-order valence-electron chi connectivity index (χ3n) is 4.28. The molecule has 1 heterocycles. The molecule has 1 aliphatic rings. The van der Waals surface area contributed by atoms with Gasteiger partial charge in [0.1, 0.15) is 0 Å². The van der Waals surface area contributed by atoms with Gasteiger partial charge in [-0.05, 0) is 31.6 Å². The van der Waals surface area contributed by atoms with Gasteiger partial charge in [0, 0.05) is 11.3 Å². The van der Waals surface area contributed by atoms with Crippen molar-refractivity contribution in [2.24, 2.45) is 5.92 Å². The Morgan fingerprint density at radius 1 is 1.28 bits per heavy atom. The van der Waals surface area contributed by atoms with Crippen molar-refractivity contribution < 1.29 is 5.11 Å². The van der Waals surface area contributed by atoms with Crippen molar-refractivity contribution in [1.82, 2.24) is 9.78 Å². The Bertz CT molecular complexity index is 397. The number of aryl methyl sites for hydroxylation is 1. The Morgan fingerprint density at radius 3 is 2.61 bits per heavy atom. The maximum Gasteiger partial charge on any atom is 0.0718 e. The lowest BCUT2D eigenvalue weighted by molar-refractivity contribution is 0.258. The van der Waals surface area contributed by atoms with E-state index in [0.29, 0.717) is 6.04 Å². The number of aromatic nitrogens is 2. The molecule has 0 bridgehead atoms. The molecule has 0 spiro atoms. The first-order valence-corrected chi connectivity index (χ1v) is 7.41. The molecular weight excluding hydrogens is 224 g/mol. The van der Waals surface area contributed by atoms with Gasteiger partial charge in [-0.3, -0.25) is 4.68 Å². The largest absolute Gasteiger partial charge is 0.392 e. The Labute approximate surface area is 110 Å². The third-order valence-corrected chi connectivity index (χ3v) is 4.28. The molecule has 0 aliphatic heterocycles. The molecule has 2 unspecified atom stereocenters. The van der Waals surface area contributed by atoms with Crippen LogP contribution in [-0.4, -0.2) is 14.9 Å². The molecule has 0 aromatic carbocycles. The number of rotatable bonds is 4. The molecule has 0 amide bonds. The summed E-state index contributed by atoms with van der Waals surface area (Å²) in [7, 11) is 0. The summed E-state index contributed by atoms with van der Waals surface area (Å²) < 4.78 is 2.24. The van der Waals surface area contributed by atoms with Crippen LogP contribution in [0, 0.1) is 5.92 Å². The first-order valence-electron chi connectivity index (χ1n) is 7.41. The lowest BCUT2D eigenvalue weighted by Gasteiger charge is -2.28. The fourth-order valence-electron chi connectivity index (χ4n) is 3.32. The zero-order valence-electron chi connectivity index (χ0n) is 11.9. The van der Waals surface area contributed by atoms with E-state index in [1.165, 1.54) is 31.4 Å². The number of aliphatic hydroxyl groups excluding tert-OH is 1. The second-order valence-electron chi connectivity index (χ2n) is 5.61. The molecule has 0 radical (unpaired) electrons. The van der Waals surface area contributed by atoms with E-state index in [4.69, 9.17) is 5.10 Å². The van der Waals surface area contributed by atoms with Crippen molar-refractivity contribution in [2.45, 2.75) is 71.9 Å². The van der Waals surface area contributed by atoms with Gasteiger partial charge in [-0.15, -0.1) is 0 Å². The smallest absolute Gasteiger partial charge is 0.0718 e. The minimum atomic E-state index is 0.134. The van der Waals surface area contributed by atoms with Crippen LogP contribution >= 0.6 is 0 Å². The number of hydrogen-bond acceptors (Lipinski definition) is 2. The summed E-state index contributed by atoms with van der Waals surface area (Å²) in [6.45, 7) is 6.76. The second-order valence-corrected chi connectivity index (χ2v) is 5.61. The first kappa shape index (κ1) is 13.6. The van der Waals surface area contributed by atoms with Gasteiger partial charge in [-0.2, -0.15) is 5.10 Å². The molecule has 1 aliphatic carbocycles. The maximum atomic E-state index is 9.57. The monoisotopic (exact) mass is 250 g/mol. The van der Waals surface area contributed by atoms with E-state index in [9.17, 15) is 5.11 Å². The van der Waals surface area contributed by atoms with Crippen molar-refractivity contribution >= 4 is 0 Å². The van der Waals surface area contributed by atoms with Gasteiger partial charge < -0.3 is 5.11 Å². The van der Waals surface area contributed by atoms with Crippen LogP contribution < -0.4 is 0 Å². The lowest BCUT2D eigenvalue weighted by atomic mass is 9.87. The highest BCUT2D eigenvalue weighted by molar-refractivity contribution is 5.26. The van der Waals surface area contributed by atoms with E-state index in [1.807, 2.05) is 0 Å². The van der Waals surface area contributed by atoms with Crippen LogP contribution in [0.5, 0.6) is 0 Å². The average molecular weight is 250 g/mol. The third kappa shape index (κ3) is 2.46. The zero-order chi connectivity index (χ0) is 13.1. The fourth-order valence-corrected chi connectivity index (χ4v) is 3.32. The molecule has 0 saturated heterocycles. The molecular formula is C15H26N2O. The highest BCUT2D eigenvalue weighted by Crippen LogP contribution is 2.34. The molecule has 2 atom stereocenters. The van der Waals surface area contributed by atoms with Crippen LogP contribution in [0.1, 0.15) is 69.4 Å². The number of nitrogens with zero attached hydrogens (tertiary/aromatic N) is 2. The minimum Gasteiger partial charge on any atom is -0.392 e. The van der Waals surface area contributed by atoms with E-state index in [1.54, 1.807) is 0 Å². The maximum absolute atomic E-state index is 9.57. The highest BCUT2D eigenvalue weighted by Gasteiger charge is 2.25. The zero-order valence-corrected chi connectivity index (χ0v) is 11.9. The van der Waals surface area contributed by atoms with Gasteiger partial charge in [0.25, 0.3) is 0 Å². The number of hydrogen-bond donors (Lipinski definition) is 1. The Hall–Kier alpha value is -0.830. The number of aliphatic hydroxyl groups is 1. The summed E-state index contributed by atoms with van der Waals surface area (Å²) in [6.07, 6.45) is 7.03. The summed E-state index contributed by atoms with van der Waals surface area (Å²) in [6, 6.07) is 0.550. The molecule has 1 saturated carbocycles. The van der Waals surface area contributed by atoms with Crippen LogP contribution in [0.2, 0.25) is 0 Å². The van der Waals surface area contributed by atoms with Crippen LogP contribution in [0.15, 0.2) is 0 Å². The van der Waals surface area contributed by atoms with Crippen molar-refractivity contribution in [1.29, 1.82) is 0 Å². The van der Waals surface area contributed by atoms with Crippen molar-refractivity contribution in [3.05, 3.63) is 17.0 Å². The topological polar surface area (TPSA) is 38.0 Å². The highest BCUT2D eigenvalue weighted by atomic mass is 16.3. The SMILES string of the molecule is CCc1nn(C2CCCC(C)C2)c(CC)c1CO. The predicted octanol–water partition coefficient (Wildman–Crippen LogP) is 3.25. The molecule has 1 N–H and O–H groups in total. The molecule has 2 rings (SSSR count). The lowest BCUT2D eigenvalue weighted by Crippen LogP contribution is -2.20. The van der Waals surface area contributed by atoms with E-state index in [0.717, 1.165) is 30.0 Å². The van der Waals surface area contributed by atoms with E-state index < -0.39 is 0 Å². The van der Waals surface area contributed by atoms with Crippen molar-refractivity contribution in [3.8, 4) is 0 Å². The van der Waals surface area contributed by atoms with E-state index in [-0.39, 0.29) is 6.61 Å². The molecule has 18 heavy (non-hydrogen) atoms. The first-order chi connectivity index (χ1) is 8.71. The average Bonchev–Trinajstić information content (AvgIpc) is 2.76. The van der Waals surface area contributed by atoms with Crippen LogP contribution in [0.4, 0.5) is 0 Å². The van der Waals surface area contributed by atoms with E-state index >= 15 is 0 Å². The molecule has 102 valence electrons. The molecule has 3 nitrogen and oxygen atoms in total. The normalized spacial score (nSPS) is 24.4. The second kappa shape index (κ2) is 5.87. The van der Waals surface area contributed by atoms with Crippen LogP contribution in [-0.2, 0) is 19.4 Å². The minimum absolute atomic E-state index is 0.134. The summed E-state index contributed by atoms with van der Waals surface area (Å²) >= 11 is 0. The molecule has 1 fully saturated rings. The quantitative estimate of drug-likeness (QED) is 0.890. The molecule has 1 aromatic heterocycles.